The third-order valence-corrected chi connectivity index (χ3v) is 5.93. The van der Waals surface area contributed by atoms with E-state index in [4.69, 9.17) is 4.74 Å². The lowest BCUT2D eigenvalue weighted by atomic mass is 9.83. The van der Waals surface area contributed by atoms with Gasteiger partial charge in [-0.2, -0.15) is 27.0 Å². The smallest absolute Gasteiger partial charge is 0.409 e. The van der Waals surface area contributed by atoms with Gasteiger partial charge in [-0.15, -0.1) is 0 Å². The number of nitrogens with zero attached hydrogens (tertiary/aromatic N) is 1. The molecule has 2 atom stereocenters. The van der Waals surface area contributed by atoms with Gasteiger partial charge in [0, 0.05) is 25.6 Å². The monoisotopic (exact) mass is 505 g/mol. The van der Waals surface area contributed by atoms with Gasteiger partial charge in [-0.05, 0) is 59.8 Å². The quantitative estimate of drug-likeness (QED) is 0.567. The van der Waals surface area contributed by atoms with Gasteiger partial charge in [0.15, 0.2) is 11.6 Å². The fraction of sp³-hybridized carbons (Fsp3) is 0.792. The highest BCUT2D eigenvalue weighted by atomic mass is 32.1. The molecule has 1 heterocycles. The van der Waals surface area contributed by atoms with Crippen LogP contribution in [0.5, 0.6) is 0 Å². The van der Waals surface area contributed by atoms with Gasteiger partial charge >= 0.3 is 6.09 Å². The molecule has 0 radical (unpaired) electrons. The fourth-order valence-corrected chi connectivity index (χ4v) is 4.09. The van der Waals surface area contributed by atoms with Gasteiger partial charge in [0.25, 0.3) is 0 Å². The van der Waals surface area contributed by atoms with Crippen LogP contribution in [0.1, 0.15) is 73.6 Å². The maximum Gasteiger partial charge on any atom is 0.409 e. The first kappa shape index (κ1) is 34.1. The molecule has 1 rings (SSSR count). The van der Waals surface area contributed by atoms with Crippen molar-refractivity contribution < 1.29 is 19.1 Å². The van der Waals surface area contributed by atoms with Crippen LogP contribution in [0.25, 0.3) is 0 Å². The summed E-state index contributed by atoms with van der Waals surface area (Å²) in [6, 6.07) is 0.125. The average Bonchev–Trinajstić information content (AvgIpc) is 2.69. The van der Waals surface area contributed by atoms with E-state index in [9.17, 15) is 14.4 Å². The number of ether oxygens (including phenoxy) is 1. The van der Waals surface area contributed by atoms with Crippen LogP contribution in [0.15, 0.2) is 12.2 Å². The number of hydrogen-bond acceptors (Lipinski definition) is 6. The number of amides is 1. The highest BCUT2D eigenvalue weighted by Gasteiger charge is 2.38. The minimum atomic E-state index is -0.753. The van der Waals surface area contributed by atoms with E-state index < -0.39 is 11.1 Å². The molecule has 0 aromatic carbocycles. The molecule has 7 nitrogen and oxygen atoms in total. The van der Waals surface area contributed by atoms with E-state index in [1.54, 1.807) is 11.9 Å². The Kier molecular flexibility index (Phi) is 16.3. The van der Waals surface area contributed by atoms with E-state index in [0.29, 0.717) is 25.8 Å². The van der Waals surface area contributed by atoms with Gasteiger partial charge in [0.05, 0.1) is 17.6 Å². The van der Waals surface area contributed by atoms with Crippen LogP contribution in [0.3, 0.4) is 0 Å². The van der Waals surface area contributed by atoms with Crippen molar-refractivity contribution in [1.82, 2.24) is 15.5 Å². The molecule has 9 heteroatoms. The van der Waals surface area contributed by atoms with Gasteiger partial charge in [0.2, 0.25) is 0 Å². The van der Waals surface area contributed by atoms with Crippen LogP contribution in [0, 0.1) is 5.92 Å². The maximum absolute atomic E-state index is 13.3. The van der Waals surface area contributed by atoms with Crippen LogP contribution in [-0.2, 0) is 14.3 Å². The lowest BCUT2D eigenvalue weighted by Crippen LogP contribution is -2.59. The van der Waals surface area contributed by atoms with Crippen LogP contribution in [0.4, 0.5) is 4.79 Å². The van der Waals surface area contributed by atoms with E-state index in [2.05, 4.69) is 10.6 Å². The first-order valence-electron chi connectivity index (χ1n) is 11.5. The van der Waals surface area contributed by atoms with E-state index in [-0.39, 0.29) is 69.8 Å². The van der Waals surface area contributed by atoms with Crippen molar-refractivity contribution in [3.05, 3.63) is 12.2 Å². The summed E-state index contributed by atoms with van der Waals surface area (Å²) in [5.74, 6) is 0.0297. The number of Topliss-reactive ketones (excluding diaryl/α,β-unsaturated/α-hetero) is 2. The van der Waals surface area contributed by atoms with Crippen molar-refractivity contribution in [2.45, 2.75) is 90.8 Å². The van der Waals surface area contributed by atoms with Crippen molar-refractivity contribution >= 4 is 44.7 Å². The molecule has 1 aliphatic rings. The minimum Gasteiger partial charge on any atom is -0.445 e. The summed E-state index contributed by atoms with van der Waals surface area (Å²) in [4.78, 5) is 39.9. The summed E-state index contributed by atoms with van der Waals surface area (Å²) in [5, 5.41) is 6.72. The SMILES string of the molecule is CC(C)N[C@@]1(C)CCCN(C)C(=O)OCC=CCCC[C@@](C)(C(=O)C(C)C)NCC1=O.S.S. The minimum absolute atomic E-state index is 0. The molecular formula is C24H47N3O4S2. The van der Waals surface area contributed by atoms with E-state index in [1.165, 1.54) is 0 Å². The lowest BCUT2D eigenvalue weighted by molar-refractivity contribution is -0.129. The van der Waals surface area contributed by atoms with Crippen LogP contribution in [-0.4, -0.2) is 66.4 Å². The second kappa shape index (κ2) is 15.8. The standard InChI is InChI=1S/C24H43N3O4.2H2S/c1-18(2)21(29)24(6)13-10-8-9-11-16-31-22(30)27(7)15-12-14-23(5,26-19(3)4)20(28)17-25-24;;/h9,11,18-19,25-26H,8,10,12-17H2,1-7H3;2*1H2/t23-,24-;;/m0../s1. The molecule has 0 saturated carbocycles. The van der Waals surface area contributed by atoms with Gasteiger partial charge < -0.3 is 15.0 Å². The number of nitrogens with one attached hydrogen (secondary N) is 2. The molecule has 0 aliphatic carbocycles. The van der Waals surface area contributed by atoms with Gasteiger partial charge in [0.1, 0.15) is 6.61 Å². The number of ketones is 2. The Bertz CT molecular complexity index is 658. The third kappa shape index (κ3) is 11.3. The first-order valence-corrected chi connectivity index (χ1v) is 11.5. The summed E-state index contributed by atoms with van der Waals surface area (Å²) in [6.45, 7) is 12.5. The summed E-state index contributed by atoms with van der Waals surface area (Å²) in [6.07, 6.45) is 6.89. The summed E-state index contributed by atoms with van der Waals surface area (Å²) >= 11 is 0. The molecule has 33 heavy (non-hydrogen) atoms. The molecule has 0 aromatic rings. The second-order valence-corrected chi connectivity index (χ2v) is 9.72. The van der Waals surface area contributed by atoms with E-state index in [1.807, 2.05) is 53.7 Å². The topological polar surface area (TPSA) is 87.7 Å². The van der Waals surface area contributed by atoms with Gasteiger partial charge in [-0.25, -0.2) is 4.79 Å². The number of carbonyl (C=O) groups is 3. The summed E-state index contributed by atoms with van der Waals surface area (Å²) in [7, 11) is 1.71. The zero-order chi connectivity index (χ0) is 23.7. The Morgan fingerprint density at radius 2 is 1.73 bits per heavy atom. The van der Waals surface area contributed by atoms with Crippen molar-refractivity contribution in [2.75, 3.05) is 26.7 Å². The molecule has 2 N–H and O–H groups in total. The highest BCUT2D eigenvalue weighted by molar-refractivity contribution is 7.59. The van der Waals surface area contributed by atoms with Crippen molar-refractivity contribution in [3.63, 3.8) is 0 Å². The first-order chi connectivity index (χ1) is 14.4. The highest BCUT2D eigenvalue weighted by Crippen LogP contribution is 2.22. The molecule has 1 aliphatic heterocycles. The van der Waals surface area contributed by atoms with Crippen molar-refractivity contribution in [2.24, 2.45) is 5.92 Å². The zero-order valence-corrected chi connectivity index (χ0v) is 23.5. The van der Waals surface area contributed by atoms with Crippen LogP contribution >= 0.6 is 27.0 Å². The number of hydrogen-bond donors (Lipinski definition) is 2. The molecular weight excluding hydrogens is 458 g/mol. The number of allylic oxidation sites excluding steroid dienone is 1. The molecule has 0 aromatic heterocycles. The van der Waals surface area contributed by atoms with Crippen molar-refractivity contribution in [3.8, 4) is 0 Å². The normalized spacial score (nSPS) is 26.3. The van der Waals surface area contributed by atoms with Gasteiger partial charge in [-0.1, -0.05) is 26.0 Å². The van der Waals surface area contributed by atoms with E-state index >= 15 is 0 Å². The molecule has 0 bridgehead atoms. The molecule has 194 valence electrons. The Morgan fingerprint density at radius 1 is 1.09 bits per heavy atom. The van der Waals surface area contributed by atoms with Gasteiger partial charge in [-0.3, -0.25) is 14.9 Å². The van der Waals surface area contributed by atoms with Crippen LogP contribution < -0.4 is 10.6 Å². The fourth-order valence-electron chi connectivity index (χ4n) is 4.09. The Morgan fingerprint density at radius 3 is 2.30 bits per heavy atom. The predicted octanol–water partition coefficient (Wildman–Crippen LogP) is 3.70. The number of cyclic esters (lactones) is 1. The summed E-state index contributed by atoms with van der Waals surface area (Å²) < 4.78 is 5.28. The summed E-state index contributed by atoms with van der Waals surface area (Å²) in [5.41, 5.74) is -1.50. The van der Waals surface area contributed by atoms with Crippen LogP contribution in [0.2, 0.25) is 0 Å². The Labute approximate surface area is 214 Å². The van der Waals surface area contributed by atoms with E-state index in [0.717, 1.165) is 12.8 Å². The molecule has 0 spiro atoms. The average molecular weight is 506 g/mol. The Hall–Kier alpha value is -1.03. The molecule has 0 fully saturated rings. The predicted molar refractivity (Wildman–Crippen MR) is 145 cm³/mol. The van der Waals surface area contributed by atoms with Crippen molar-refractivity contribution in [1.29, 1.82) is 0 Å². The molecule has 0 saturated heterocycles. The lowest BCUT2D eigenvalue weighted by Gasteiger charge is -2.35. The Balaban J connectivity index is 0. The maximum atomic E-state index is 13.3. The molecule has 1 amide bonds. The number of rotatable bonds is 4. The zero-order valence-electron chi connectivity index (χ0n) is 21.5. The third-order valence-electron chi connectivity index (χ3n) is 5.93. The molecule has 0 unspecified atom stereocenters. The largest absolute Gasteiger partial charge is 0.445 e. The second-order valence-electron chi connectivity index (χ2n) is 9.72. The number of carbonyl (C=O) groups excluding carboxylic acids is 3.